The largest absolute Gasteiger partial charge is 0.497 e. The first-order chi connectivity index (χ1) is 15.1. The Morgan fingerprint density at radius 1 is 1.28 bits per heavy atom. The van der Waals surface area contributed by atoms with E-state index >= 15 is 0 Å². The zero-order valence-corrected chi connectivity index (χ0v) is 21.1. The number of aliphatic imine (C=N–C) groups is 1. The summed E-state index contributed by atoms with van der Waals surface area (Å²) in [5.41, 5.74) is 2.07. The number of ether oxygens (including phenoxy) is 1. The quantitative estimate of drug-likeness (QED) is 0.239. The highest BCUT2D eigenvalue weighted by atomic mass is 127. The van der Waals surface area contributed by atoms with Crippen LogP contribution in [-0.4, -0.2) is 54.4 Å². The normalized spacial score (nSPS) is 15.9. The Hall–Kier alpha value is -2.53. The average molecular weight is 568 g/mol. The van der Waals surface area contributed by atoms with Crippen molar-refractivity contribution in [3.05, 3.63) is 59.4 Å². The molecule has 1 atom stereocenters. The topological polar surface area (TPSA) is 90.5 Å². The summed E-state index contributed by atoms with van der Waals surface area (Å²) < 4.78 is 5.19. The molecule has 3 aromatic rings. The summed E-state index contributed by atoms with van der Waals surface area (Å²) in [6.45, 7) is 2.36. The Morgan fingerprint density at radius 2 is 2.09 bits per heavy atom. The number of nitrogens with one attached hydrogen (secondary N) is 3. The Labute approximate surface area is 209 Å². The van der Waals surface area contributed by atoms with E-state index in [1.807, 2.05) is 42.5 Å². The molecular formula is C22H27ClIN7O. The molecule has 1 fully saturated rings. The van der Waals surface area contributed by atoms with Gasteiger partial charge in [0.25, 0.3) is 0 Å². The molecule has 4 rings (SSSR count). The summed E-state index contributed by atoms with van der Waals surface area (Å²) in [7, 11) is 3.41. The molecule has 32 heavy (non-hydrogen) atoms. The van der Waals surface area contributed by atoms with Crippen molar-refractivity contribution in [1.82, 2.24) is 25.8 Å². The van der Waals surface area contributed by atoms with Crippen LogP contribution in [0.1, 0.15) is 12.2 Å². The standard InChI is InChI=1S/C22H26ClN7O.HI/c1-24-22(26-17-10-11-30(14-17)18-5-3-4-16(23)12-18)25-13-20-27-21(29-28-20)15-6-8-19(31-2)9-7-15;/h3-9,12,17H,10-11,13-14H2,1-2H3,(H2,24,25,26)(H,27,28,29);1H. The maximum atomic E-state index is 6.13. The number of benzene rings is 2. The van der Waals surface area contributed by atoms with Gasteiger partial charge in [0.05, 0.1) is 13.7 Å². The summed E-state index contributed by atoms with van der Waals surface area (Å²) in [4.78, 5) is 11.2. The predicted octanol–water partition coefficient (Wildman–Crippen LogP) is 3.70. The number of nitrogens with zero attached hydrogens (tertiary/aromatic N) is 4. The van der Waals surface area contributed by atoms with Gasteiger partial charge in [-0.15, -0.1) is 24.0 Å². The molecule has 1 aromatic heterocycles. The van der Waals surface area contributed by atoms with Crippen molar-refractivity contribution >= 4 is 47.2 Å². The highest BCUT2D eigenvalue weighted by Gasteiger charge is 2.23. The molecule has 0 amide bonds. The van der Waals surface area contributed by atoms with Gasteiger partial charge in [-0.05, 0) is 48.9 Å². The Kier molecular flexibility index (Phi) is 8.57. The van der Waals surface area contributed by atoms with Gasteiger partial charge < -0.3 is 20.3 Å². The van der Waals surface area contributed by atoms with E-state index in [-0.39, 0.29) is 24.0 Å². The number of halogens is 2. The summed E-state index contributed by atoms with van der Waals surface area (Å²) in [6, 6.07) is 15.9. The van der Waals surface area contributed by atoms with Gasteiger partial charge in [0.2, 0.25) is 0 Å². The lowest BCUT2D eigenvalue weighted by Crippen LogP contribution is -2.44. The molecule has 1 saturated heterocycles. The van der Waals surface area contributed by atoms with E-state index in [2.05, 4.69) is 41.8 Å². The van der Waals surface area contributed by atoms with E-state index in [9.17, 15) is 0 Å². The number of guanidine groups is 1. The fourth-order valence-electron chi connectivity index (χ4n) is 3.58. The lowest BCUT2D eigenvalue weighted by molar-refractivity contribution is 0.415. The van der Waals surface area contributed by atoms with Crippen molar-refractivity contribution in [3.8, 4) is 17.1 Å². The third-order valence-electron chi connectivity index (χ3n) is 5.23. The van der Waals surface area contributed by atoms with Crippen LogP contribution in [0.15, 0.2) is 53.5 Å². The first kappa shape index (κ1) is 24.1. The Morgan fingerprint density at radius 3 is 2.81 bits per heavy atom. The first-order valence-corrected chi connectivity index (χ1v) is 10.6. The van der Waals surface area contributed by atoms with Crippen LogP contribution in [0.5, 0.6) is 5.75 Å². The molecule has 0 aliphatic carbocycles. The van der Waals surface area contributed by atoms with Crippen LogP contribution in [0.25, 0.3) is 11.4 Å². The number of H-pyrrole nitrogens is 1. The fraction of sp³-hybridized carbons (Fsp3) is 0.318. The number of aromatic amines is 1. The molecular weight excluding hydrogens is 541 g/mol. The Balaban J connectivity index is 0.00000289. The van der Waals surface area contributed by atoms with E-state index in [1.165, 1.54) is 0 Å². The average Bonchev–Trinajstić information content (AvgIpc) is 3.46. The van der Waals surface area contributed by atoms with E-state index in [0.29, 0.717) is 18.4 Å². The lowest BCUT2D eigenvalue weighted by atomic mass is 10.2. The van der Waals surface area contributed by atoms with E-state index in [0.717, 1.165) is 53.3 Å². The number of hydrogen-bond acceptors (Lipinski definition) is 5. The van der Waals surface area contributed by atoms with Crippen molar-refractivity contribution in [2.45, 2.75) is 19.0 Å². The van der Waals surface area contributed by atoms with Crippen molar-refractivity contribution in [1.29, 1.82) is 0 Å². The maximum Gasteiger partial charge on any atom is 0.191 e. The Bertz CT molecular complexity index is 1040. The van der Waals surface area contributed by atoms with E-state index in [4.69, 9.17) is 16.3 Å². The van der Waals surface area contributed by atoms with Gasteiger partial charge in [-0.2, -0.15) is 5.10 Å². The number of methoxy groups -OCH3 is 1. The summed E-state index contributed by atoms with van der Waals surface area (Å²) in [6.07, 6.45) is 1.02. The zero-order valence-electron chi connectivity index (χ0n) is 18.0. The van der Waals surface area contributed by atoms with Gasteiger partial charge in [-0.3, -0.25) is 10.1 Å². The number of rotatable bonds is 6. The van der Waals surface area contributed by atoms with Gasteiger partial charge >= 0.3 is 0 Å². The SMILES string of the molecule is CN=C(NCc1nc(-c2ccc(OC)cc2)n[nH]1)NC1CCN(c2cccc(Cl)c2)C1.I. The smallest absolute Gasteiger partial charge is 0.191 e. The molecule has 2 aromatic carbocycles. The van der Waals surface area contributed by atoms with Gasteiger partial charge in [0.15, 0.2) is 11.8 Å². The van der Waals surface area contributed by atoms with Crippen molar-refractivity contribution in [3.63, 3.8) is 0 Å². The van der Waals surface area contributed by atoms with Gasteiger partial charge in [0, 0.05) is 42.5 Å². The zero-order chi connectivity index (χ0) is 21.6. The van der Waals surface area contributed by atoms with Crippen LogP contribution in [0.3, 0.4) is 0 Å². The summed E-state index contributed by atoms with van der Waals surface area (Å²) in [5.74, 6) is 2.92. The molecule has 3 N–H and O–H groups in total. The molecule has 1 unspecified atom stereocenters. The highest BCUT2D eigenvalue weighted by molar-refractivity contribution is 14.0. The molecule has 0 radical (unpaired) electrons. The number of hydrogen-bond donors (Lipinski definition) is 3. The van der Waals surface area contributed by atoms with E-state index in [1.54, 1.807) is 14.2 Å². The highest BCUT2D eigenvalue weighted by Crippen LogP contribution is 2.23. The van der Waals surface area contributed by atoms with E-state index < -0.39 is 0 Å². The second-order valence-corrected chi connectivity index (χ2v) is 7.75. The fourth-order valence-corrected chi connectivity index (χ4v) is 3.77. The molecule has 1 aliphatic rings. The van der Waals surface area contributed by atoms with Crippen molar-refractivity contribution in [2.75, 3.05) is 32.1 Å². The molecule has 8 nitrogen and oxygen atoms in total. The predicted molar refractivity (Wildman–Crippen MR) is 139 cm³/mol. The molecule has 2 heterocycles. The maximum absolute atomic E-state index is 6.13. The number of anilines is 1. The third-order valence-corrected chi connectivity index (χ3v) is 5.46. The summed E-state index contributed by atoms with van der Waals surface area (Å²) >= 11 is 6.13. The van der Waals surface area contributed by atoms with Crippen LogP contribution in [-0.2, 0) is 6.54 Å². The molecule has 1 aliphatic heterocycles. The minimum atomic E-state index is 0. The second-order valence-electron chi connectivity index (χ2n) is 7.32. The van der Waals surface area contributed by atoms with Crippen LogP contribution in [0.2, 0.25) is 5.02 Å². The van der Waals surface area contributed by atoms with Crippen molar-refractivity contribution in [2.24, 2.45) is 4.99 Å². The van der Waals surface area contributed by atoms with Crippen LogP contribution >= 0.6 is 35.6 Å². The molecule has 170 valence electrons. The second kappa shape index (κ2) is 11.4. The van der Waals surface area contributed by atoms with Gasteiger partial charge in [-0.1, -0.05) is 17.7 Å². The van der Waals surface area contributed by atoms with Gasteiger partial charge in [0.1, 0.15) is 11.6 Å². The van der Waals surface area contributed by atoms with Crippen molar-refractivity contribution < 1.29 is 4.74 Å². The minimum absolute atomic E-state index is 0. The molecule has 0 saturated carbocycles. The molecule has 10 heteroatoms. The monoisotopic (exact) mass is 567 g/mol. The van der Waals surface area contributed by atoms with Crippen LogP contribution in [0, 0.1) is 0 Å². The lowest BCUT2D eigenvalue weighted by Gasteiger charge is -2.20. The number of aromatic nitrogens is 3. The summed E-state index contributed by atoms with van der Waals surface area (Å²) in [5, 5.41) is 14.8. The van der Waals surface area contributed by atoms with Crippen LogP contribution in [0.4, 0.5) is 5.69 Å². The van der Waals surface area contributed by atoms with Gasteiger partial charge in [-0.25, -0.2) is 4.98 Å². The molecule has 0 spiro atoms. The minimum Gasteiger partial charge on any atom is -0.497 e. The first-order valence-electron chi connectivity index (χ1n) is 10.2. The molecule has 0 bridgehead atoms. The van der Waals surface area contributed by atoms with Crippen LogP contribution < -0.4 is 20.3 Å². The third kappa shape index (κ3) is 6.04.